The van der Waals surface area contributed by atoms with Crippen LogP contribution >= 0.6 is 0 Å². The van der Waals surface area contributed by atoms with Gasteiger partial charge in [0.2, 0.25) is 11.8 Å². The van der Waals surface area contributed by atoms with Crippen molar-refractivity contribution in [3.8, 4) is 11.5 Å². The molecule has 1 unspecified atom stereocenters. The molecule has 1 N–H and O–H groups in total. The smallest absolute Gasteiger partial charge is 0.496 e. The fourth-order valence-electron chi connectivity index (χ4n) is 3.00. The van der Waals surface area contributed by atoms with Crippen LogP contribution in [0.25, 0.3) is 0 Å². The second-order valence-corrected chi connectivity index (χ2v) is 5.61. The second kappa shape index (κ2) is 5.94. The fourth-order valence-corrected chi connectivity index (χ4v) is 3.00. The topological polar surface area (TPSA) is 84.9 Å². The zero-order valence-electron chi connectivity index (χ0n) is 13.0. The standard InChI is InChI=1S/C15H13F3N2O5/c1-24-10-5-8(25-15(16,17)18)4-7-6-20(14(23)12(7)10)9-2-3-11(21)19-13(9)22/h4-5,9H,2-3,6H2,1H3,(H,19,21,22). The summed E-state index contributed by atoms with van der Waals surface area (Å²) in [5.74, 6) is -2.16. The minimum atomic E-state index is -4.88. The van der Waals surface area contributed by atoms with E-state index in [4.69, 9.17) is 4.74 Å². The van der Waals surface area contributed by atoms with Crippen molar-refractivity contribution in [2.24, 2.45) is 0 Å². The molecule has 2 heterocycles. The van der Waals surface area contributed by atoms with Crippen LogP contribution in [0.5, 0.6) is 11.5 Å². The van der Waals surface area contributed by atoms with Gasteiger partial charge in [-0.2, -0.15) is 0 Å². The monoisotopic (exact) mass is 358 g/mol. The summed E-state index contributed by atoms with van der Waals surface area (Å²) in [6, 6.07) is 1.20. The van der Waals surface area contributed by atoms with Gasteiger partial charge in [0.15, 0.2) is 0 Å². The van der Waals surface area contributed by atoms with Gasteiger partial charge in [-0.1, -0.05) is 0 Å². The van der Waals surface area contributed by atoms with Gasteiger partial charge >= 0.3 is 6.36 Å². The molecule has 10 heteroatoms. The Morgan fingerprint density at radius 1 is 1.24 bits per heavy atom. The van der Waals surface area contributed by atoms with Crippen LogP contribution in [0.2, 0.25) is 0 Å². The Kier molecular flexibility index (Phi) is 4.05. The number of imide groups is 1. The summed E-state index contributed by atoms with van der Waals surface area (Å²) in [4.78, 5) is 37.0. The largest absolute Gasteiger partial charge is 0.573 e. The Labute approximate surface area is 139 Å². The summed E-state index contributed by atoms with van der Waals surface area (Å²) >= 11 is 0. The molecular formula is C15H13F3N2O5. The number of alkyl halides is 3. The number of ether oxygens (including phenoxy) is 2. The molecule has 0 bridgehead atoms. The maximum atomic E-state index is 12.6. The van der Waals surface area contributed by atoms with Crippen LogP contribution in [-0.4, -0.2) is 42.1 Å². The number of carbonyl (C=O) groups excluding carboxylic acids is 3. The molecule has 1 aromatic rings. The van der Waals surface area contributed by atoms with Gasteiger partial charge in [0.05, 0.1) is 12.7 Å². The van der Waals surface area contributed by atoms with E-state index in [-0.39, 0.29) is 36.3 Å². The van der Waals surface area contributed by atoms with E-state index in [1.165, 1.54) is 12.0 Å². The third-order valence-corrected chi connectivity index (χ3v) is 4.01. The lowest BCUT2D eigenvalue weighted by Gasteiger charge is -2.29. The lowest BCUT2D eigenvalue weighted by atomic mass is 10.0. The molecular weight excluding hydrogens is 345 g/mol. The van der Waals surface area contributed by atoms with Crippen LogP contribution in [0.3, 0.4) is 0 Å². The van der Waals surface area contributed by atoms with Crippen LogP contribution in [0.4, 0.5) is 13.2 Å². The molecule has 2 aliphatic rings. The van der Waals surface area contributed by atoms with Gasteiger partial charge in [-0.15, -0.1) is 13.2 Å². The van der Waals surface area contributed by atoms with Gasteiger partial charge in [0, 0.05) is 19.0 Å². The number of halogens is 3. The molecule has 1 fully saturated rings. The van der Waals surface area contributed by atoms with Crippen LogP contribution in [0.1, 0.15) is 28.8 Å². The van der Waals surface area contributed by atoms with E-state index in [1.807, 2.05) is 0 Å². The molecule has 0 aliphatic carbocycles. The number of benzene rings is 1. The highest BCUT2D eigenvalue weighted by Gasteiger charge is 2.41. The first-order valence-electron chi connectivity index (χ1n) is 7.31. The van der Waals surface area contributed by atoms with E-state index >= 15 is 0 Å². The molecule has 3 rings (SSSR count). The van der Waals surface area contributed by atoms with Gasteiger partial charge < -0.3 is 14.4 Å². The van der Waals surface area contributed by atoms with E-state index in [9.17, 15) is 27.6 Å². The van der Waals surface area contributed by atoms with E-state index < -0.39 is 35.9 Å². The minimum absolute atomic E-state index is 0.0726. The van der Waals surface area contributed by atoms with Crippen LogP contribution in [0.15, 0.2) is 12.1 Å². The molecule has 1 aromatic carbocycles. The van der Waals surface area contributed by atoms with Crippen molar-refractivity contribution >= 4 is 17.7 Å². The van der Waals surface area contributed by atoms with Crippen molar-refractivity contribution in [3.63, 3.8) is 0 Å². The van der Waals surface area contributed by atoms with Crippen molar-refractivity contribution in [1.82, 2.24) is 10.2 Å². The average Bonchev–Trinajstić information content (AvgIpc) is 2.82. The molecule has 0 spiro atoms. The molecule has 1 atom stereocenters. The number of hydrogen-bond acceptors (Lipinski definition) is 5. The molecule has 7 nitrogen and oxygen atoms in total. The van der Waals surface area contributed by atoms with Crippen molar-refractivity contribution in [1.29, 1.82) is 0 Å². The van der Waals surface area contributed by atoms with E-state index in [0.717, 1.165) is 12.1 Å². The first kappa shape index (κ1) is 17.1. The maximum absolute atomic E-state index is 12.6. The van der Waals surface area contributed by atoms with Gasteiger partial charge in [-0.05, 0) is 18.1 Å². The van der Waals surface area contributed by atoms with Gasteiger partial charge in [-0.3, -0.25) is 19.7 Å². The van der Waals surface area contributed by atoms with Gasteiger partial charge in [-0.25, -0.2) is 0 Å². The molecule has 25 heavy (non-hydrogen) atoms. The van der Waals surface area contributed by atoms with Crippen molar-refractivity contribution in [2.45, 2.75) is 31.8 Å². The summed E-state index contributed by atoms with van der Waals surface area (Å²) < 4.78 is 46.2. The molecule has 0 saturated carbocycles. The SMILES string of the molecule is COc1cc(OC(F)(F)F)cc2c1C(=O)N(C1CCC(=O)NC1=O)C2. The number of hydrogen-bond donors (Lipinski definition) is 1. The Balaban J connectivity index is 1.92. The lowest BCUT2D eigenvalue weighted by molar-refractivity contribution is -0.274. The highest BCUT2D eigenvalue weighted by atomic mass is 19.4. The van der Waals surface area contributed by atoms with Crippen LogP contribution in [0, 0.1) is 0 Å². The zero-order valence-corrected chi connectivity index (χ0v) is 13.0. The normalized spacial score (nSPS) is 20.4. The quantitative estimate of drug-likeness (QED) is 0.825. The highest BCUT2D eigenvalue weighted by Crippen LogP contribution is 2.38. The predicted molar refractivity (Wildman–Crippen MR) is 75.7 cm³/mol. The third-order valence-electron chi connectivity index (χ3n) is 4.01. The van der Waals surface area contributed by atoms with E-state index in [2.05, 4.69) is 10.1 Å². The number of piperidine rings is 1. The molecule has 0 radical (unpaired) electrons. The number of nitrogens with zero attached hydrogens (tertiary/aromatic N) is 1. The fraction of sp³-hybridized carbons (Fsp3) is 0.400. The van der Waals surface area contributed by atoms with Crippen molar-refractivity contribution in [2.75, 3.05) is 7.11 Å². The molecule has 134 valence electrons. The number of fused-ring (bicyclic) bond motifs is 1. The summed E-state index contributed by atoms with van der Waals surface area (Å²) in [5.41, 5.74) is 0.343. The van der Waals surface area contributed by atoms with Crippen LogP contribution in [-0.2, 0) is 16.1 Å². The van der Waals surface area contributed by atoms with Crippen molar-refractivity contribution < 1.29 is 37.0 Å². The van der Waals surface area contributed by atoms with Gasteiger partial charge in [0.25, 0.3) is 5.91 Å². The average molecular weight is 358 g/mol. The Morgan fingerprint density at radius 3 is 2.56 bits per heavy atom. The van der Waals surface area contributed by atoms with Gasteiger partial charge in [0.1, 0.15) is 17.5 Å². The molecule has 2 aliphatic heterocycles. The summed E-state index contributed by atoms with van der Waals surface area (Å²) in [6.07, 6.45) is -4.65. The van der Waals surface area contributed by atoms with Crippen molar-refractivity contribution in [3.05, 3.63) is 23.3 Å². The second-order valence-electron chi connectivity index (χ2n) is 5.61. The molecule has 0 aromatic heterocycles. The molecule has 1 saturated heterocycles. The Bertz CT molecular complexity index is 762. The summed E-state index contributed by atoms with van der Waals surface area (Å²) in [7, 11) is 1.22. The zero-order chi connectivity index (χ0) is 18.4. The van der Waals surface area contributed by atoms with E-state index in [1.54, 1.807) is 0 Å². The minimum Gasteiger partial charge on any atom is -0.496 e. The first-order valence-corrected chi connectivity index (χ1v) is 7.31. The highest BCUT2D eigenvalue weighted by molar-refractivity contribution is 6.06. The van der Waals surface area contributed by atoms with Crippen LogP contribution < -0.4 is 14.8 Å². The number of amides is 3. The lowest BCUT2D eigenvalue weighted by Crippen LogP contribution is -2.52. The maximum Gasteiger partial charge on any atom is 0.573 e. The summed E-state index contributed by atoms with van der Waals surface area (Å²) in [5, 5.41) is 2.15. The van der Waals surface area contributed by atoms with E-state index in [0.29, 0.717) is 0 Å². The Hall–Kier alpha value is -2.78. The third kappa shape index (κ3) is 3.24. The summed E-state index contributed by atoms with van der Waals surface area (Å²) in [6.45, 7) is -0.0775. The Morgan fingerprint density at radius 2 is 1.96 bits per heavy atom. The number of rotatable bonds is 3. The number of methoxy groups -OCH3 is 1. The number of nitrogens with one attached hydrogen (secondary N) is 1. The molecule has 3 amide bonds. The predicted octanol–water partition coefficient (Wildman–Crippen LogP) is 1.35. The number of carbonyl (C=O) groups is 3. The first-order chi connectivity index (χ1) is 11.7.